The van der Waals surface area contributed by atoms with Crippen molar-refractivity contribution in [2.45, 2.75) is 25.2 Å². The van der Waals surface area contributed by atoms with Crippen molar-refractivity contribution in [3.63, 3.8) is 0 Å². The molecule has 0 saturated carbocycles. The maximum absolute atomic E-state index is 11.0. The number of carbonyl (C=O) groups is 1. The van der Waals surface area contributed by atoms with E-state index in [1.807, 2.05) is 0 Å². The molecule has 1 aliphatic rings. The third kappa shape index (κ3) is 2.77. The van der Waals surface area contributed by atoms with E-state index in [0.29, 0.717) is 13.0 Å². The van der Waals surface area contributed by atoms with E-state index in [9.17, 15) is 4.79 Å². The molecule has 1 saturated heterocycles. The van der Waals surface area contributed by atoms with Crippen LogP contribution in [0.4, 0.5) is 0 Å². The standard InChI is InChI=1S/C7H15N3O2/c1-12-3-2-6-9-5(8)4-7(11)10-6/h5-6,9H,2-4,8H2,1H3,(H,10,11). The van der Waals surface area contributed by atoms with E-state index in [-0.39, 0.29) is 18.2 Å². The first-order valence-electron chi connectivity index (χ1n) is 4.02. The second-order valence-corrected chi connectivity index (χ2v) is 2.88. The van der Waals surface area contributed by atoms with Crippen LogP contribution >= 0.6 is 0 Å². The molecule has 0 bridgehead atoms. The second kappa shape index (κ2) is 4.39. The van der Waals surface area contributed by atoms with Gasteiger partial charge in [-0.25, -0.2) is 0 Å². The van der Waals surface area contributed by atoms with Crippen LogP contribution in [0.15, 0.2) is 0 Å². The average molecular weight is 173 g/mol. The van der Waals surface area contributed by atoms with Crippen molar-refractivity contribution in [2.24, 2.45) is 5.73 Å². The van der Waals surface area contributed by atoms with Crippen LogP contribution < -0.4 is 16.4 Å². The third-order valence-electron chi connectivity index (χ3n) is 1.77. The van der Waals surface area contributed by atoms with Crippen molar-refractivity contribution >= 4 is 5.91 Å². The minimum Gasteiger partial charge on any atom is -0.385 e. The predicted octanol–water partition coefficient (Wildman–Crippen LogP) is -1.26. The Balaban J connectivity index is 2.29. The zero-order valence-electron chi connectivity index (χ0n) is 7.17. The summed E-state index contributed by atoms with van der Waals surface area (Å²) >= 11 is 0. The van der Waals surface area contributed by atoms with E-state index >= 15 is 0 Å². The number of nitrogens with one attached hydrogen (secondary N) is 2. The molecule has 2 atom stereocenters. The molecule has 0 aromatic rings. The summed E-state index contributed by atoms with van der Waals surface area (Å²) in [6.45, 7) is 0.616. The van der Waals surface area contributed by atoms with Gasteiger partial charge in [0.25, 0.3) is 0 Å². The summed E-state index contributed by atoms with van der Waals surface area (Å²) < 4.78 is 4.88. The van der Waals surface area contributed by atoms with Crippen LogP contribution in [-0.2, 0) is 9.53 Å². The summed E-state index contributed by atoms with van der Waals surface area (Å²) in [5, 5.41) is 5.82. The van der Waals surface area contributed by atoms with E-state index < -0.39 is 0 Å². The fraction of sp³-hybridized carbons (Fsp3) is 0.857. The Kier molecular flexibility index (Phi) is 3.46. The number of amides is 1. The molecule has 70 valence electrons. The monoisotopic (exact) mass is 173 g/mol. The lowest BCUT2D eigenvalue weighted by atomic mass is 10.2. The maximum atomic E-state index is 11.0. The molecular weight excluding hydrogens is 158 g/mol. The summed E-state index contributed by atoms with van der Waals surface area (Å²) in [5.41, 5.74) is 5.57. The molecule has 1 heterocycles. The Bertz CT molecular complexity index is 163. The SMILES string of the molecule is COCCC1NC(=O)CC(N)N1. The van der Waals surface area contributed by atoms with Crippen molar-refractivity contribution in [2.75, 3.05) is 13.7 Å². The topological polar surface area (TPSA) is 76.4 Å². The van der Waals surface area contributed by atoms with Crippen molar-refractivity contribution in [1.29, 1.82) is 0 Å². The van der Waals surface area contributed by atoms with E-state index in [1.54, 1.807) is 7.11 Å². The van der Waals surface area contributed by atoms with E-state index in [0.717, 1.165) is 6.42 Å². The first kappa shape index (κ1) is 9.44. The highest BCUT2D eigenvalue weighted by Gasteiger charge is 2.22. The fourth-order valence-corrected chi connectivity index (χ4v) is 1.20. The molecule has 0 spiro atoms. The number of hydrogen-bond donors (Lipinski definition) is 3. The first-order chi connectivity index (χ1) is 5.72. The molecule has 0 aromatic carbocycles. The lowest BCUT2D eigenvalue weighted by molar-refractivity contribution is -0.124. The molecule has 2 unspecified atom stereocenters. The van der Waals surface area contributed by atoms with Crippen molar-refractivity contribution in [3.05, 3.63) is 0 Å². The van der Waals surface area contributed by atoms with Crippen LogP contribution in [0, 0.1) is 0 Å². The molecule has 12 heavy (non-hydrogen) atoms. The van der Waals surface area contributed by atoms with Gasteiger partial charge in [0.2, 0.25) is 5.91 Å². The average Bonchev–Trinajstić information content (AvgIpc) is 1.99. The number of nitrogens with two attached hydrogens (primary N) is 1. The van der Waals surface area contributed by atoms with Gasteiger partial charge < -0.3 is 15.8 Å². The fourth-order valence-electron chi connectivity index (χ4n) is 1.20. The molecule has 1 rings (SSSR count). The quantitative estimate of drug-likeness (QED) is 0.498. The zero-order chi connectivity index (χ0) is 8.97. The molecular formula is C7H15N3O2. The largest absolute Gasteiger partial charge is 0.385 e. The number of methoxy groups -OCH3 is 1. The first-order valence-corrected chi connectivity index (χ1v) is 4.02. The van der Waals surface area contributed by atoms with Crippen molar-refractivity contribution < 1.29 is 9.53 Å². The number of hydrogen-bond acceptors (Lipinski definition) is 4. The van der Waals surface area contributed by atoms with E-state index in [1.165, 1.54) is 0 Å². The highest BCUT2D eigenvalue weighted by molar-refractivity contribution is 5.77. The second-order valence-electron chi connectivity index (χ2n) is 2.88. The third-order valence-corrected chi connectivity index (χ3v) is 1.77. The summed E-state index contributed by atoms with van der Waals surface area (Å²) in [4.78, 5) is 11.0. The lowest BCUT2D eigenvalue weighted by Gasteiger charge is -2.29. The van der Waals surface area contributed by atoms with Crippen molar-refractivity contribution in [1.82, 2.24) is 10.6 Å². The van der Waals surface area contributed by atoms with Gasteiger partial charge in [0.15, 0.2) is 0 Å². The van der Waals surface area contributed by atoms with E-state index in [4.69, 9.17) is 10.5 Å². The molecule has 0 radical (unpaired) electrons. The molecule has 1 fully saturated rings. The molecule has 5 nitrogen and oxygen atoms in total. The number of carbonyl (C=O) groups excluding carboxylic acids is 1. The van der Waals surface area contributed by atoms with E-state index in [2.05, 4.69) is 10.6 Å². The number of ether oxygens (including phenoxy) is 1. The van der Waals surface area contributed by atoms with Gasteiger partial charge in [0.1, 0.15) is 0 Å². The Hall–Kier alpha value is -0.650. The van der Waals surface area contributed by atoms with Gasteiger partial charge in [-0.05, 0) is 0 Å². The van der Waals surface area contributed by atoms with Crippen LogP contribution in [0.3, 0.4) is 0 Å². The smallest absolute Gasteiger partial charge is 0.224 e. The van der Waals surface area contributed by atoms with Gasteiger partial charge in [0, 0.05) is 20.1 Å². The molecule has 5 heteroatoms. The van der Waals surface area contributed by atoms with Crippen LogP contribution in [0.1, 0.15) is 12.8 Å². The zero-order valence-corrected chi connectivity index (χ0v) is 7.17. The van der Waals surface area contributed by atoms with Crippen LogP contribution in [0.5, 0.6) is 0 Å². The highest BCUT2D eigenvalue weighted by Crippen LogP contribution is 1.98. The molecule has 0 aromatic heterocycles. The maximum Gasteiger partial charge on any atom is 0.224 e. The molecule has 1 aliphatic heterocycles. The van der Waals surface area contributed by atoms with Gasteiger partial charge in [-0.2, -0.15) is 0 Å². The van der Waals surface area contributed by atoms with Crippen LogP contribution in [0.2, 0.25) is 0 Å². The Labute approximate surface area is 71.6 Å². The summed E-state index contributed by atoms with van der Waals surface area (Å²) in [6.07, 6.45) is 0.834. The molecule has 1 amide bonds. The lowest BCUT2D eigenvalue weighted by Crippen LogP contribution is -2.59. The molecule has 4 N–H and O–H groups in total. The minimum absolute atomic E-state index is 0.00218. The predicted molar refractivity (Wildman–Crippen MR) is 44.2 cm³/mol. The van der Waals surface area contributed by atoms with Crippen LogP contribution in [0.25, 0.3) is 0 Å². The Morgan fingerprint density at radius 3 is 3.08 bits per heavy atom. The van der Waals surface area contributed by atoms with Crippen molar-refractivity contribution in [3.8, 4) is 0 Å². The van der Waals surface area contributed by atoms with Gasteiger partial charge in [-0.1, -0.05) is 0 Å². The van der Waals surface area contributed by atoms with Gasteiger partial charge in [-0.15, -0.1) is 0 Å². The summed E-state index contributed by atoms with van der Waals surface area (Å²) in [5.74, 6) is 0.00218. The normalized spacial score (nSPS) is 30.0. The highest BCUT2D eigenvalue weighted by atomic mass is 16.5. The van der Waals surface area contributed by atoms with Crippen LogP contribution in [-0.4, -0.2) is 32.0 Å². The number of rotatable bonds is 3. The Morgan fingerprint density at radius 2 is 2.50 bits per heavy atom. The van der Waals surface area contributed by atoms with Gasteiger partial charge >= 0.3 is 0 Å². The molecule has 0 aliphatic carbocycles. The van der Waals surface area contributed by atoms with Gasteiger partial charge in [0.05, 0.1) is 18.8 Å². The van der Waals surface area contributed by atoms with Gasteiger partial charge in [-0.3, -0.25) is 10.1 Å². The summed E-state index contributed by atoms with van der Waals surface area (Å²) in [6, 6.07) is 0. The Morgan fingerprint density at radius 1 is 1.75 bits per heavy atom. The minimum atomic E-state index is -0.222. The summed E-state index contributed by atoms with van der Waals surface area (Å²) in [7, 11) is 1.63.